The number of nitrogens with zero attached hydrogens (tertiary/aromatic N) is 1. The highest BCUT2D eigenvalue weighted by molar-refractivity contribution is 5.68. The number of nitroso groups, excluding NO2 is 1. The number of allylic oxidation sites excluding steroid dienone is 1. The quantitative estimate of drug-likeness (QED) is 0.184. The highest BCUT2D eigenvalue weighted by atomic mass is 16.5. The summed E-state index contributed by atoms with van der Waals surface area (Å²) in [6.45, 7) is 4.27. The summed E-state index contributed by atoms with van der Waals surface area (Å²) in [5.74, 6) is 1.78. The summed E-state index contributed by atoms with van der Waals surface area (Å²) >= 11 is 0. The first-order valence-electron chi connectivity index (χ1n) is 11.7. The maximum Gasteiger partial charge on any atom is 0.341 e. The minimum absolute atomic E-state index is 0.326. The van der Waals surface area contributed by atoms with Gasteiger partial charge in [-0.2, -0.15) is 4.91 Å². The smallest absolute Gasteiger partial charge is 0.341 e. The Morgan fingerprint density at radius 3 is 2.91 bits per heavy atom. The summed E-state index contributed by atoms with van der Waals surface area (Å²) in [6.07, 6.45) is 6.68. The molecule has 0 amide bonds. The minimum Gasteiger partial charge on any atom is -0.482 e. The monoisotopic (exact) mass is 444 g/mol. The summed E-state index contributed by atoms with van der Waals surface area (Å²) < 4.78 is 5.59. The van der Waals surface area contributed by atoms with Crippen LogP contribution in [0, 0.1) is 28.6 Å². The number of fused-ring (bicyclic) bond motifs is 2. The molecule has 0 saturated heterocycles. The first kappa shape index (κ1) is 24.4. The van der Waals surface area contributed by atoms with E-state index in [1.807, 2.05) is 12.1 Å². The van der Waals surface area contributed by atoms with Crippen molar-refractivity contribution in [2.24, 2.45) is 28.8 Å². The summed E-state index contributed by atoms with van der Waals surface area (Å²) in [5.41, 5.74) is 3.59. The maximum atomic E-state index is 11.0. The fraction of sp³-hybridized carbons (Fsp3) is 0.640. The van der Waals surface area contributed by atoms with Crippen LogP contribution in [0.25, 0.3) is 0 Å². The van der Waals surface area contributed by atoms with Crippen LogP contribution in [0.1, 0.15) is 49.7 Å². The Morgan fingerprint density at radius 2 is 2.19 bits per heavy atom. The van der Waals surface area contributed by atoms with Gasteiger partial charge in [-0.25, -0.2) is 4.79 Å². The Morgan fingerprint density at radius 1 is 1.38 bits per heavy atom. The van der Waals surface area contributed by atoms with Crippen molar-refractivity contribution in [2.75, 3.05) is 20.2 Å². The predicted octanol–water partition coefficient (Wildman–Crippen LogP) is 3.93. The minimum atomic E-state index is -0.969. The van der Waals surface area contributed by atoms with E-state index in [2.05, 4.69) is 23.1 Å². The van der Waals surface area contributed by atoms with Crippen LogP contribution >= 0.6 is 0 Å². The van der Waals surface area contributed by atoms with E-state index in [0.717, 1.165) is 56.9 Å². The van der Waals surface area contributed by atoms with Crippen molar-refractivity contribution in [3.05, 3.63) is 46.4 Å². The van der Waals surface area contributed by atoms with Crippen LogP contribution in [0.2, 0.25) is 0 Å². The first-order valence-corrected chi connectivity index (χ1v) is 11.7. The van der Waals surface area contributed by atoms with Crippen molar-refractivity contribution < 1.29 is 19.7 Å². The van der Waals surface area contributed by atoms with Gasteiger partial charge in [0.15, 0.2) is 6.61 Å². The highest BCUT2D eigenvalue weighted by Gasteiger charge is 2.45. The van der Waals surface area contributed by atoms with E-state index in [9.17, 15) is 14.8 Å². The van der Waals surface area contributed by atoms with Crippen LogP contribution in [0.15, 0.2) is 35.5 Å². The molecule has 5 atom stereocenters. The zero-order valence-corrected chi connectivity index (χ0v) is 19.0. The van der Waals surface area contributed by atoms with Crippen LogP contribution in [0.4, 0.5) is 0 Å². The van der Waals surface area contributed by atoms with Gasteiger partial charge < -0.3 is 14.9 Å². The van der Waals surface area contributed by atoms with E-state index >= 15 is 0 Å². The van der Waals surface area contributed by atoms with Crippen LogP contribution < -0.4 is 10.1 Å². The summed E-state index contributed by atoms with van der Waals surface area (Å²) in [5, 5.41) is 25.0. The molecule has 7 nitrogen and oxygen atoms in total. The zero-order valence-electron chi connectivity index (χ0n) is 19.0. The molecule has 3 rings (SSSR count). The van der Waals surface area contributed by atoms with E-state index < -0.39 is 12.2 Å². The van der Waals surface area contributed by atoms with Crippen molar-refractivity contribution in [3.63, 3.8) is 0 Å². The van der Waals surface area contributed by atoms with Crippen LogP contribution in [-0.4, -0.2) is 42.6 Å². The molecule has 1 saturated carbocycles. The molecule has 0 spiro atoms. The van der Waals surface area contributed by atoms with Gasteiger partial charge in [-0.1, -0.05) is 29.5 Å². The lowest BCUT2D eigenvalue weighted by Crippen LogP contribution is -2.29. The number of aliphatic hydroxyl groups is 1. The van der Waals surface area contributed by atoms with Crippen molar-refractivity contribution in [3.8, 4) is 5.75 Å². The number of carbonyl (C=O) groups is 1. The number of hydrogen-bond acceptors (Lipinski definition) is 6. The second kappa shape index (κ2) is 11.6. The molecule has 1 aromatic rings. The van der Waals surface area contributed by atoms with Gasteiger partial charge in [-0.15, -0.1) is 0 Å². The molecule has 3 N–H and O–H groups in total. The third-order valence-corrected chi connectivity index (χ3v) is 7.31. The number of hydrogen-bond donors (Lipinski definition) is 3. The van der Waals surface area contributed by atoms with E-state index in [-0.39, 0.29) is 6.61 Å². The number of nitrogens with one attached hydrogen (secondary N) is 1. The third kappa shape index (κ3) is 6.17. The molecule has 1 aromatic carbocycles. The standard InChI is InChI=1S/C25H36N2O5/c1-16(5-4-10-27-31)11-18-12-19-14-22-17(6-3-7-23(22)32-15-25(29)30)13-21(19)20(18)8-9-24(28)26-2/h3,6-7,18-21,24,26,28H,1,4-5,8-15H2,2H3,(H,29,30)/t18-,19?,20?,21?,24?/m1/s1. The van der Waals surface area contributed by atoms with Crippen molar-refractivity contribution in [2.45, 2.75) is 57.6 Å². The van der Waals surface area contributed by atoms with Gasteiger partial charge in [0.05, 0.1) is 6.54 Å². The van der Waals surface area contributed by atoms with Gasteiger partial charge in [0.1, 0.15) is 12.0 Å². The number of carboxylic acid groups (broad SMARTS) is 1. The molecule has 32 heavy (non-hydrogen) atoms. The predicted molar refractivity (Wildman–Crippen MR) is 124 cm³/mol. The van der Waals surface area contributed by atoms with Gasteiger partial charge >= 0.3 is 5.97 Å². The molecule has 7 heteroatoms. The van der Waals surface area contributed by atoms with E-state index in [4.69, 9.17) is 9.84 Å². The van der Waals surface area contributed by atoms with Crippen LogP contribution in [0.5, 0.6) is 5.75 Å². The molecule has 4 unspecified atom stereocenters. The average molecular weight is 445 g/mol. The van der Waals surface area contributed by atoms with Crippen LogP contribution in [-0.2, 0) is 17.6 Å². The molecule has 0 bridgehead atoms. The summed E-state index contributed by atoms with van der Waals surface area (Å²) in [4.78, 5) is 21.4. The Labute approximate surface area is 190 Å². The summed E-state index contributed by atoms with van der Waals surface area (Å²) in [7, 11) is 1.78. The molecule has 176 valence electrons. The molecular weight excluding hydrogens is 408 g/mol. The number of ether oxygens (including phenoxy) is 1. The Kier molecular flexibility index (Phi) is 8.82. The molecule has 0 aliphatic heterocycles. The highest BCUT2D eigenvalue weighted by Crippen LogP contribution is 2.52. The van der Waals surface area contributed by atoms with Crippen molar-refractivity contribution in [1.82, 2.24) is 5.32 Å². The molecule has 0 radical (unpaired) electrons. The fourth-order valence-electron chi connectivity index (χ4n) is 5.86. The fourth-order valence-corrected chi connectivity index (χ4v) is 5.86. The van der Waals surface area contributed by atoms with Gasteiger partial charge in [0.2, 0.25) is 0 Å². The lowest BCUT2D eigenvalue weighted by Gasteiger charge is -2.33. The topological polar surface area (TPSA) is 108 Å². The van der Waals surface area contributed by atoms with Gasteiger partial charge in [-0.05, 0) is 99.3 Å². The Bertz CT molecular complexity index is 812. The average Bonchev–Trinajstić information content (AvgIpc) is 3.10. The second-order valence-electron chi connectivity index (χ2n) is 9.36. The van der Waals surface area contributed by atoms with Crippen LogP contribution in [0.3, 0.4) is 0 Å². The molecule has 0 aromatic heterocycles. The number of benzene rings is 1. The largest absolute Gasteiger partial charge is 0.482 e. The lowest BCUT2D eigenvalue weighted by atomic mass is 9.73. The molecule has 2 aliphatic carbocycles. The Balaban J connectivity index is 1.75. The maximum absolute atomic E-state index is 11.0. The Hall–Kier alpha value is -2.25. The van der Waals surface area contributed by atoms with Gasteiger partial charge in [-0.3, -0.25) is 5.32 Å². The van der Waals surface area contributed by atoms with Crippen molar-refractivity contribution >= 4 is 5.97 Å². The number of aliphatic carboxylic acids is 1. The number of rotatable bonds is 13. The molecule has 2 aliphatic rings. The van der Waals surface area contributed by atoms with E-state index in [1.165, 1.54) is 11.1 Å². The first-order chi connectivity index (χ1) is 15.4. The zero-order chi connectivity index (χ0) is 23.1. The molecular formula is C25H36N2O5. The van der Waals surface area contributed by atoms with Crippen molar-refractivity contribution in [1.29, 1.82) is 0 Å². The number of carboxylic acids is 1. The number of aliphatic hydroxyl groups excluding tert-OH is 1. The third-order valence-electron chi connectivity index (χ3n) is 7.31. The van der Waals surface area contributed by atoms with E-state index in [0.29, 0.717) is 36.0 Å². The lowest BCUT2D eigenvalue weighted by molar-refractivity contribution is -0.139. The van der Waals surface area contributed by atoms with Gasteiger partial charge in [0, 0.05) is 0 Å². The molecule has 0 heterocycles. The van der Waals surface area contributed by atoms with Gasteiger partial charge in [0.25, 0.3) is 0 Å². The second-order valence-corrected chi connectivity index (χ2v) is 9.36. The normalized spacial score (nSPS) is 24.9. The summed E-state index contributed by atoms with van der Waals surface area (Å²) in [6, 6.07) is 5.96. The SMILES string of the molecule is C=C(CCCN=O)C[C@@H]1CC2Cc3c(cccc3OCC(=O)O)CC2C1CCC(O)NC. The van der Waals surface area contributed by atoms with E-state index in [1.54, 1.807) is 7.05 Å². The molecule has 1 fully saturated rings.